The molecule has 5 nitrogen and oxygen atoms in total. The molecule has 0 radical (unpaired) electrons. The van der Waals surface area contributed by atoms with Gasteiger partial charge in [-0.25, -0.2) is 23.5 Å². The molecule has 0 saturated carbocycles. The van der Waals surface area contributed by atoms with Crippen LogP contribution in [0.2, 0.25) is 10.0 Å². The molecule has 9 heteroatoms. The van der Waals surface area contributed by atoms with Gasteiger partial charge in [0.05, 0.1) is 10.0 Å². The molecule has 3 rings (SSSR count). The van der Waals surface area contributed by atoms with Crippen LogP contribution >= 0.6 is 23.2 Å². The number of anilines is 2. The van der Waals surface area contributed by atoms with Crippen molar-refractivity contribution in [3.63, 3.8) is 0 Å². The number of nitrogens with zero attached hydrogens (tertiary/aromatic N) is 2. The normalized spacial score (nSPS) is 10.1. The maximum Gasteiger partial charge on any atom is 0.325 e. The number of halogens is 4. The topological polar surface area (TPSA) is 68.5 Å². The number of para-hydroxylation sites is 2. The van der Waals surface area contributed by atoms with E-state index in [1.165, 1.54) is 24.4 Å². The smallest absolute Gasteiger partial charge is 0.325 e. The summed E-state index contributed by atoms with van der Waals surface area (Å²) in [6.45, 7) is 0.0129. The molecule has 1 aromatic heterocycles. The minimum atomic E-state index is -1.09. The molecule has 2 amide bonds. The third-order valence-corrected chi connectivity index (χ3v) is 4.39. The van der Waals surface area contributed by atoms with E-state index in [-0.39, 0.29) is 12.4 Å². The van der Waals surface area contributed by atoms with Crippen LogP contribution in [0.3, 0.4) is 0 Å². The molecule has 152 valence electrons. The molecule has 0 unspecified atom stereocenters. The number of ether oxygens (including phenoxy) is 1. The molecule has 0 saturated heterocycles. The van der Waals surface area contributed by atoms with Crippen molar-refractivity contribution < 1.29 is 18.3 Å². The van der Waals surface area contributed by atoms with E-state index in [4.69, 9.17) is 33.7 Å². The summed E-state index contributed by atoms with van der Waals surface area (Å²) < 4.78 is 33.6. The number of rotatable bonds is 4. The van der Waals surface area contributed by atoms with Crippen LogP contribution in [0.25, 0.3) is 0 Å². The minimum absolute atomic E-state index is 0.0129. The molecular weight excluding hydrogens is 435 g/mol. The van der Waals surface area contributed by atoms with Crippen molar-refractivity contribution in [2.45, 2.75) is 0 Å². The highest BCUT2D eigenvalue weighted by molar-refractivity contribution is 6.37. The van der Waals surface area contributed by atoms with E-state index >= 15 is 0 Å². The zero-order valence-corrected chi connectivity index (χ0v) is 16.7. The number of nitrogens with two attached hydrogens (primary N) is 1. The number of pyridine rings is 1. The van der Waals surface area contributed by atoms with Crippen molar-refractivity contribution >= 4 is 40.7 Å². The molecule has 2 N–H and O–H groups in total. The summed E-state index contributed by atoms with van der Waals surface area (Å²) in [5.74, 6) is 3.95. The summed E-state index contributed by atoms with van der Waals surface area (Å²) in [5, 5.41) is 0.726. The van der Waals surface area contributed by atoms with Crippen molar-refractivity contribution in [3.05, 3.63) is 82.0 Å². The highest BCUT2D eigenvalue weighted by Gasteiger charge is 2.23. The lowest BCUT2D eigenvalue weighted by Crippen LogP contribution is -2.33. The molecule has 0 bridgehead atoms. The molecule has 0 aliphatic carbocycles. The number of aromatic nitrogens is 1. The van der Waals surface area contributed by atoms with Crippen molar-refractivity contribution in [3.8, 4) is 17.6 Å². The van der Waals surface area contributed by atoms with E-state index < -0.39 is 23.4 Å². The van der Waals surface area contributed by atoms with E-state index in [9.17, 15) is 13.6 Å². The van der Waals surface area contributed by atoms with Gasteiger partial charge in [-0.2, -0.15) is 0 Å². The zero-order valence-electron chi connectivity index (χ0n) is 15.2. The summed E-state index contributed by atoms with van der Waals surface area (Å²) in [6.07, 6.45) is 1.33. The molecule has 0 aliphatic rings. The van der Waals surface area contributed by atoms with E-state index in [2.05, 4.69) is 16.8 Å². The van der Waals surface area contributed by atoms with Crippen LogP contribution < -0.4 is 15.4 Å². The highest BCUT2D eigenvalue weighted by atomic mass is 35.5. The van der Waals surface area contributed by atoms with E-state index in [0.717, 1.165) is 12.1 Å². The summed E-state index contributed by atoms with van der Waals surface area (Å²) in [7, 11) is 0. The van der Waals surface area contributed by atoms with Gasteiger partial charge in [0, 0.05) is 11.8 Å². The third kappa shape index (κ3) is 4.79. The van der Waals surface area contributed by atoms with E-state index in [1.807, 2.05) is 0 Å². The monoisotopic (exact) mass is 447 g/mol. The predicted octanol–water partition coefficient (Wildman–Crippen LogP) is 5.31. The van der Waals surface area contributed by atoms with E-state index in [1.54, 1.807) is 18.2 Å². The molecule has 0 atom stereocenters. The van der Waals surface area contributed by atoms with Gasteiger partial charge < -0.3 is 10.5 Å². The number of primary amides is 1. The van der Waals surface area contributed by atoms with Crippen LogP contribution in [0.1, 0.15) is 5.56 Å². The molecule has 0 spiro atoms. The minimum Gasteiger partial charge on any atom is -0.478 e. The summed E-state index contributed by atoms with van der Waals surface area (Å²) >= 11 is 12.0. The largest absolute Gasteiger partial charge is 0.478 e. The van der Waals surface area contributed by atoms with Crippen molar-refractivity contribution in [1.82, 2.24) is 4.98 Å². The van der Waals surface area contributed by atoms with Crippen LogP contribution in [-0.4, -0.2) is 17.6 Å². The lowest BCUT2D eigenvalue weighted by molar-refractivity contribution is 0.255. The number of urea groups is 1. The first-order chi connectivity index (χ1) is 14.4. The average molecular weight is 448 g/mol. The number of hydrogen-bond acceptors (Lipinski definition) is 3. The molecule has 30 heavy (non-hydrogen) atoms. The Labute approximate surface area is 181 Å². The lowest BCUT2D eigenvalue weighted by Gasteiger charge is -2.20. The Morgan fingerprint density at radius 2 is 1.70 bits per heavy atom. The maximum absolute atomic E-state index is 14.1. The van der Waals surface area contributed by atoms with Crippen LogP contribution in [-0.2, 0) is 0 Å². The van der Waals surface area contributed by atoms with Gasteiger partial charge in [0.25, 0.3) is 0 Å². The number of carbonyl (C=O) groups is 1. The number of carbonyl (C=O) groups excluding carboxylic acids is 1. The lowest BCUT2D eigenvalue weighted by atomic mass is 10.2. The van der Waals surface area contributed by atoms with Crippen LogP contribution in [0.15, 0.2) is 54.7 Å². The Balaban J connectivity index is 1.76. The fourth-order valence-corrected chi connectivity index (χ4v) is 3.01. The highest BCUT2D eigenvalue weighted by Crippen LogP contribution is 2.32. The molecule has 1 heterocycles. The van der Waals surface area contributed by atoms with Crippen molar-refractivity contribution in [1.29, 1.82) is 0 Å². The first-order valence-electron chi connectivity index (χ1n) is 8.44. The Morgan fingerprint density at radius 3 is 2.27 bits per heavy atom. The maximum atomic E-state index is 14.1. The van der Waals surface area contributed by atoms with Gasteiger partial charge in [-0.3, -0.25) is 0 Å². The Hall–Kier alpha value is -3.34. The summed E-state index contributed by atoms with van der Waals surface area (Å²) in [6, 6.07) is 9.98. The SMILES string of the molecule is NC(=O)N(c1ccc(C#CCOc2c(Cl)cccc2Cl)cn1)c1c(F)cccc1F. The Morgan fingerprint density at radius 1 is 1.07 bits per heavy atom. The van der Waals surface area contributed by atoms with Gasteiger partial charge in [0.2, 0.25) is 0 Å². The number of amides is 2. The Kier molecular flexibility index (Phi) is 6.72. The second-order valence-corrected chi connectivity index (χ2v) is 6.60. The van der Waals surface area contributed by atoms with E-state index in [0.29, 0.717) is 26.3 Å². The molecule has 0 aliphatic heterocycles. The quantitative estimate of drug-likeness (QED) is 0.550. The first-order valence-corrected chi connectivity index (χ1v) is 9.19. The first kappa shape index (κ1) is 21.4. The van der Waals surface area contributed by atoms with Gasteiger partial charge in [-0.1, -0.05) is 47.2 Å². The van der Waals surface area contributed by atoms with Gasteiger partial charge in [0.1, 0.15) is 29.7 Å². The number of benzene rings is 2. The predicted molar refractivity (Wildman–Crippen MR) is 111 cm³/mol. The van der Waals surface area contributed by atoms with Crippen LogP contribution in [0.4, 0.5) is 25.1 Å². The second-order valence-electron chi connectivity index (χ2n) is 5.79. The third-order valence-electron chi connectivity index (χ3n) is 3.80. The van der Waals surface area contributed by atoms with Gasteiger partial charge in [-0.05, 0) is 36.4 Å². The molecular formula is C21H13Cl2F2N3O2. The van der Waals surface area contributed by atoms with Gasteiger partial charge in [-0.15, -0.1) is 0 Å². The fourth-order valence-electron chi connectivity index (χ4n) is 2.50. The van der Waals surface area contributed by atoms with Crippen molar-refractivity contribution in [2.24, 2.45) is 5.73 Å². The second kappa shape index (κ2) is 9.44. The molecule has 2 aromatic carbocycles. The van der Waals surface area contributed by atoms with Crippen LogP contribution in [0, 0.1) is 23.5 Å². The number of hydrogen-bond donors (Lipinski definition) is 1. The molecule has 0 fully saturated rings. The zero-order chi connectivity index (χ0) is 21.7. The Bertz CT molecular complexity index is 1100. The standard InChI is InChI=1S/C21H13Cl2F2N3O2/c22-14-5-1-6-15(23)20(14)30-11-3-4-13-9-10-18(27-12-13)28(21(26)29)19-16(24)7-2-8-17(19)25/h1-2,5-10,12H,11H2,(H2,26,29). The summed E-state index contributed by atoms with van der Waals surface area (Å²) in [5.41, 5.74) is 5.17. The van der Waals surface area contributed by atoms with Gasteiger partial charge >= 0.3 is 6.03 Å². The average Bonchev–Trinajstić information content (AvgIpc) is 2.70. The van der Waals surface area contributed by atoms with Crippen molar-refractivity contribution in [2.75, 3.05) is 11.5 Å². The fraction of sp³-hybridized carbons (Fsp3) is 0.0476. The molecule has 3 aromatic rings. The summed E-state index contributed by atoms with van der Waals surface area (Å²) in [4.78, 5) is 16.5. The van der Waals surface area contributed by atoms with Crippen LogP contribution in [0.5, 0.6) is 5.75 Å². The van der Waals surface area contributed by atoms with Gasteiger partial charge in [0.15, 0.2) is 5.75 Å².